The fourth-order valence-corrected chi connectivity index (χ4v) is 2.62. The van der Waals surface area contributed by atoms with E-state index < -0.39 is 0 Å². The molecule has 18 heavy (non-hydrogen) atoms. The second-order valence-electron chi connectivity index (χ2n) is 5.78. The normalized spacial score (nSPS) is 20.9. The van der Waals surface area contributed by atoms with E-state index in [0.717, 1.165) is 23.1 Å². The lowest BCUT2D eigenvalue weighted by Gasteiger charge is -2.27. The molecule has 1 aromatic rings. The van der Waals surface area contributed by atoms with E-state index in [1.54, 1.807) is 0 Å². The minimum absolute atomic E-state index is 0.543. The van der Waals surface area contributed by atoms with Crippen LogP contribution in [0.1, 0.15) is 49.9 Å². The van der Waals surface area contributed by atoms with Crippen molar-refractivity contribution in [3.8, 4) is 0 Å². The summed E-state index contributed by atoms with van der Waals surface area (Å²) in [6.07, 6.45) is 5.11. The molecule has 1 unspecified atom stereocenters. The fraction of sp³-hybridized carbons (Fsp3) is 0.714. The molecule has 0 amide bonds. The van der Waals surface area contributed by atoms with Gasteiger partial charge in [-0.2, -0.15) is 0 Å². The molecular formula is C14H20ClN3. The van der Waals surface area contributed by atoms with Gasteiger partial charge in [-0.1, -0.05) is 11.6 Å². The van der Waals surface area contributed by atoms with Crippen LogP contribution in [0.4, 0.5) is 5.82 Å². The van der Waals surface area contributed by atoms with E-state index in [4.69, 9.17) is 16.6 Å². The first-order chi connectivity index (χ1) is 8.58. The van der Waals surface area contributed by atoms with E-state index in [2.05, 4.69) is 23.9 Å². The third-order valence-electron chi connectivity index (χ3n) is 4.27. The number of anilines is 1. The number of hydrogen-bond donors (Lipinski definition) is 0. The first-order valence-corrected chi connectivity index (χ1v) is 7.22. The first-order valence-electron chi connectivity index (χ1n) is 6.84. The van der Waals surface area contributed by atoms with Crippen LogP contribution in [-0.4, -0.2) is 23.1 Å². The highest BCUT2D eigenvalue weighted by Crippen LogP contribution is 2.41. The van der Waals surface area contributed by atoms with Crippen LogP contribution in [0.2, 0.25) is 5.15 Å². The van der Waals surface area contributed by atoms with Gasteiger partial charge in [0.25, 0.3) is 0 Å². The number of halogens is 1. The molecule has 2 saturated carbocycles. The zero-order valence-electron chi connectivity index (χ0n) is 11.3. The lowest BCUT2D eigenvalue weighted by atomic mass is 10.2. The molecule has 0 aromatic carbocycles. The van der Waals surface area contributed by atoms with Gasteiger partial charge >= 0.3 is 0 Å². The molecule has 2 aliphatic carbocycles. The van der Waals surface area contributed by atoms with Crippen molar-refractivity contribution < 1.29 is 0 Å². The Labute approximate surface area is 114 Å². The molecule has 3 nitrogen and oxygen atoms in total. The SMILES string of the molecule is Cc1c(Cl)nc(C2CC2)nc1N(C)C(C)C1CC1. The summed E-state index contributed by atoms with van der Waals surface area (Å²) in [4.78, 5) is 11.5. The van der Waals surface area contributed by atoms with E-state index >= 15 is 0 Å². The Balaban J connectivity index is 1.93. The Morgan fingerprint density at radius 1 is 1.22 bits per heavy atom. The summed E-state index contributed by atoms with van der Waals surface area (Å²) < 4.78 is 0. The van der Waals surface area contributed by atoms with Gasteiger partial charge in [0.2, 0.25) is 0 Å². The highest BCUT2D eigenvalue weighted by molar-refractivity contribution is 6.30. The number of rotatable bonds is 4. The summed E-state index contributed by atoms with van der Waals surface area (Å²) >= 11 is 6.26. The second kappa shape index (κ2) is 4.37. The topological polar surface area (TPSA) is 29.0 Å². The summed E-state index contributed by atoms with van der Waals surface area (Å²) in [7, 11) is 2.13. The van der Waals surface area contributed by atoms with Crippen molar-refractivity contribution >= 4 is 17.4 Å². The average Bonchev–Trinajstić information content (AvgIpc) is 3.20. The Kier molecular flexibility index (Phi) is 2.97. The van der Waals surface area contributed by atoms with Crippen molar-refractivity contribution in [3.63, 3.8) is 0 Å². The van der Waals surface area contributed by atoms with Gasteiger partial charge in [-0.05, 0) is 45.4 Å². The Morgan fingerprint density at radius 2 is 1.89 bits per heavy atom. The van der Waals surface area contributed by atoms with Crippen molar-refractivity contribution in [2.45, 2.75) is 51.5 Å². The van der Waals surface area contributed by atoms with Crippen LogP contribution in [-0.2, 0) is 0 Å². The van der Waals surface area contributed by atoms with Gasteiger partial charge in [-0.25, -0.2) is 9.97 Å². The molecule has 3 rings (SSSR count). The predicted molar refractivity (Wildman–Crippen MR) is 74.3 cm³/mol. The fourth-order valence-electron chi connectivity index (χ4n) is 2.45. The highest BCUT2D eigenvalue weighted by atomic mass is 35.5. The van der Waals surface area contributed by atoms with Crippen LogP contribution in [0.3, 0.4) is 0 Å². The maximum atomic E-state index is 6.26. The molecule has 98 valence electrons. The lowest BCUT2D eigenvalue weighted by Crippen LogP contribution is -2.32. The average molecular weight is 266 g/mol. The van der Waals surface area contributed by atoms with Crippen molar-refractivity contribution in [3.05, 3.63) is 16.5 Å². The van der Waals surface area contributed by atoms with Gasteiger partial charge in [0.05, 0.1) is 0 Å². The van der Waals surface area contributed by atoms with Gasteiger partial charge in [-0.3, -0.25) is 0 Å². The molecule has 1 atom stereocenters. The van der Waals surface area contributed by atoms with Crippen molar-refractivity contribution in [1.82, 2.24) is 9.97 Å². The molecule has 2 aliphatic rings. The summed E-state index contributed by atoms with van der Waals surface area (Å²) in [6.45, 7) is 4.30. The molecule has 1 aromatic heterocycles. The van der Waals surface area contributed by atoms with E-state index in [1.165, 1.54) is 25.7 Å². The molecular weight excluding hydrogens is 246 g/mol. The highest BCUT2D eigenvalue weighted by Gasteiger charge is 2.33. The molecule has 0 bridgehead atoms. The maximum Gasteiger partial charge on any atom is 0.137 e. The first kappa shape index (κ1) is 12.2. The van der Waals surface area contributed by atoms with E-state index in [9.17, 15) is 0 Å². The number of aromatic nitrogens is 2. The standard InChI is InChI=1S/C14H20ClN3/c1-8-12(15)16-13(11-6-7-11)17-14(8)18(3)9(2)10-4-5-10/h9-11H,4-7H2,1-3H3. The van der Waals surface area contributed by atoms with Gasteiger partial charge in [-0.15, -0.1) is 0 Å². The van der Waals surface area contributed by atoms with Gasteiger partial charge in [0.1, 0.15) is 16.8 Å². The molecule has 0 spiro atoms. The van der Waals surface area contributed by atoms with Crippen LogP contribution >= 0.6 is 11.6 Å². The molecule has 1 heterocycles. The number of nitrogens with zero attached hydrogens (tertiary/aromatic N) is 3. The third-order valence-corrected chi connectivity index (χ3v) is 4.64. The monoisotopic (exact) mass is 265 g/mol. The predicted octanol–water partition coefficient (Wildman–Crippen LogP) is 3.55. The van der Waals surface area contributed by atoms with Gasteiger partial charge in [0, 0.05) is 24.6 Å². The van der Waals surface area contributed by atoms with Crippen molar-refractivity contribution in [1.29, 1.82) is 0 Å². The van der Waals surface area contributed by atoms with Crippen LogP contribution in [0.25, 0.3) is 0 Å². The Morgan fingerprint density at radius 3 is 2.44 bits per heavy atom. The van der Waals surface area contributed by atoms with E-state index in [1.807, 2.05) is 6.92 Å². The maximum absolute atomic E-state index is 6.26. The Bertz CT molecular complexity index is 466. The third kappa shape index (κ3) is 2.20. The van der Waals surface area contributed by atoms with Crippen LogP contribution in [0.5, 0.6) is 0 Å². The van der Waals surface area contributed by atoms with E-state index in [-0.39, 0.29) is 0 Å². The van der Waals surface area contributed by atoms with Gasteiger partial charge in [0.15, 0.2) is 0 Å². The quantitative estimate of drug-likeness (QED) is 0.780. The van der Waals surface area contributed by atoms with Crippen molar-refractivity contribution in [2.24, 2.45) is 5.92 Å². The second-order valence-corrected chi connectivity index (χ2v) is 6.14. The minimum atomic E-state index is 0.543. The summed E-state index contributed by atoms with van der Waals surface area (Å²) in [6, 6.07) is 0.543. The van der Waals surface area contributed by atoms with Crippen LogP contribution < -0.4 is 4.90 Å². The van der Waals surface area contributed by atoms with Crippen LogP contribution in [0, 0.1) is 12.8 Å². The molecule has 0 saturated heterocycles. The number of hydrogen-bond acceptors (Lipinski definition) is 3. The molecule has 4 heteroatoms. The van der Waals surface area contributed by atoms with Gasteiger partial charge < -0.3 is 4.90 Å². The largest absolute Gasteiger partial charge is 0.356 e. The van der Waals surface area contributed by atoms with Crippen molar-refractivity contribution in [2.75, 3.05) is 11.9 Å². The Hall–Kier alpha value is -0.830. The minimum Gasteiger partial charge on any atom is -0.356 e. The smallest absolute Gasteiger partial charge is 0.137 e. The zero-order chi connectivity index (χ0) is 12.9. The molecule has 2 fully saturated rings. The van der Waals surface area contributed by atoms with Crippen LogP contribution in [0.15, 0.2) is 0 Å². The summed E-state index contributed by atoms with van der Waals surface area (Å²) in [5, 5.41) is 0.622. The lowest BCUT2D eigenvalue weighted by molar-refractivity contribution is 0.600. The molecule has 0 aliphatic heterocycles. The van der Waals surface area contributed by atoms with E-state index in [0.29, 0.717) is 17.1 Å². The summed E-state index contributed by atoms with van der Waals surface area (Å²) in [5.74, 6) is 3.34. The summed E-state index contributed by atoms with van der Waals surface area (Å²) in [5.41, 5.74) is 1.01. The zero-order valence-corrected chi connectivity index (χ0v) is 12.0. The molecule has 0 radical (unpaired) electrons. The molecule has 0 N–H and O–H groups in total.